The molecule has 0 spiro atoms. The van der Waals surface area contributed by atoms with Gasteiger partial charge in [0.25, 0.3) is 0 Å². The molecule has 111 heavy (non-hydrogen) atoms. The predicted octanol–water partition coefficient (Wildman–Crippen LogP) is 28.9. The molecule has 6 heterocycles. The summed E-state index contributed by atoms with van der Waals surface area (Å²) in [6.07, 6.45) is 10.7. The zero-order chi connectivity index (χ0) is 73.0. The van der Waals surface area contributed by atoms with E-state index in [0.29, 0.717) is 0 Å². The lowest BCUT2D eigenvalue weighted by Crippen LogP contribution is -1.90. The predicted molar refractivity (Wildman–Crippen MR) is 475 cm³/mol. The topological polar surface area (TPSA) is 77.3 Å². The third-order valence-corrected chi connectivity index (χ3v) is 25.8. The maximum Gasteiger partial charge on any atom is 0.0971 e. The highest BCUT2D eigenvalue weighted by Crippen LogP contribution is 2.47. The van der Waals surface area contributed by atoms with Gasteiger partial charge in [0.15, 0.2) is 0 Å². The summed E-state index contributed by atoms with van der Waals surface area (Å²) in [5.41, 5.74) is 20.6. The van der Waals surface area contributed by atoms with E-state index in [-0.39, 0.29) is 0 Å². The van der Waals surface area contributed by atoms with Crippen LogP contribution in [0.5, 0.6) is 0 Å². The Labute approximate surface area is 648 Å². The van der Waals surface area contributed by atoms with Crippen molar-refractivity contribution in [3.8, 4) is 66.8 Å². The number of aromatic nitrogens is 6. The fourth-order valence-electron chi connectivity index (χ4n) is 17.0. The molecule has 0 aliphatic rings. The highest BCUT2D eigenvalue weighted by atomic mass is 32.1. The number of nitrogens with zero attached hydrogens (tertiary/aromatic N) is 6. The van der Waals surface area contributed by atoms with Crippen LogP contribution in [0.3, 0.4) is 0 Å². The van der Waals surface area contributed by atoms with E-state index in [1.54, 1.807) is 37.2 Å². The van der Waals surface area contributed by atoms with Crippen molar-refractivity contribution >= 4 is 192 Å². The average Bonchev–Trinajstić information content (AvgIpc) is 1.72. The van der Waals surface area contributed by atoms with Crippen LogP contribution in [-0.4, -0.2) is 29.9 Å². The van der Waals surface area contributed by atoms with Gasteiger partial charge in [0, 0.05) is 136 Å². The summed E-state index contributed by atoms with van der Waals surface area (Å²) < 4.78 is 8.02. The molecule has 0 aliphatic carbocycles. The van der Waals surface area contributed by atoms with E-state index in [2.05, 4.69) is 348 Å². The Bertz CT molecular complexity index is 7830. The molecule has 516 valence electrons. The molecule has 9 heteroatoms. The van der Waals surface area contributed by atoms with Gasteiger partial charge in [-0.3, -0.25) is 29.9 Å². The number of hydrogen-bond acceptors (Lipinski definition) is 9. The molecule has 0 unspecified atom stereocenters. The minimum absolute atomic E-state index is 0.950. The molecule has 6 nitrogen and oxygen atoms in total. The van der Waals surface area contributed by atoms with Gasteiger partial charge in [-0.15, -0.1) is 34.0 Å². The monoisotopic (exact) mass is 1460 g/mol. The molecule has 0 radical (unpaired) electrons. The van der Waals surface area contributed by atoms with E-state index >= 15 is 0 Å². The van der Waals surface area contributed by atoms with E-state index in [1.165, 1.54) is 160 Å². The van der Waals surface area contributed by atoms with Crippen molar-refractivity contribution in [3.63, 3.8) is 0 Å². The molecular formula is C102H60N6S3. The van der Waals surface area contributed by atoms with Crippen molar-refractivity contribution in [3.05, 3.63) is 365 Å². The first-order valence-electron chi connectivity index (χ1n) is 37.2. The molecule has 0 saturated heterocycles. The first-order chi connectivity index (χ1) is 55.1. The van der Waals surface area contributed by atoms with Crippen LogP contribution in [-0.2, 0) is 0 Å². The van der Waals surface area contributed by atoms with Crippen LogP contribution >= 0.6 is 34.0 Å². The Morgan fingerprint density at radius 1 is 0.144 bits per heavy atom. The maximum absolute atomic E-state index is 4.72. The molecule has 0 aliphatic heterocycles. The lowest BCUT2D eigenvalue weighted by molar-refractivity contribution is 1.31. The first-order valence-corrected chi connectivity index (χ1v) is 39.7. The van der Waals surface area contributed by atoms with Crippen molar-refractivity contribution < 1.29 is 0 Å². The molecular weight excluding hydrogens is 1410 g/mol. The van der Waals surface area contributed by atoms with Gasteiger partial charge in [0.05, 0.1) is 33.1 Å². The van der Waals surface area contributed by atoms with Gasteiger partial charge in [-0.25, -0.2) is 0 Å². The number of thiophene rings is 3. The minimum Gasteiger partial charge on any atom is -0.252 e. The van der Waals surface area contributed by atoms with E-state index in [0.717, 1.165) is 65.4 Å². The molecule has 0 atom stereocenters. The van der Waals surface area contributed by atoms with Gasteiger partial charge in [0.1, 0.15) is 0 Å². The van der Waals surface area contributed by atoms with E-state index in [4.69, 9.17) is 9.97 Å². The summed E-state index contributed by atoms with van der Waals surface area (Å²) >= 11 is 5.63. The number of hydrogen-bond donors (Lipinski definition) is 0. The van der Waals surface area contributed by atoms with Crippen LogP contribution in [0.1, 0.15) is 0 Å². The molecule has 24 aromatic rings. The first kappa shape index (κ1) is 64.4. The summed E-state index contributed by atoms with van der Waals surface area (Å²) in [5.74, 6) is 0. The Balaban J connectivity index is 0.000000102. The average molecular weight is 1470 g/mol. The molecule has 18 aromatic carbocycles. The van der Waals surface area contributed by atoms with Crippen LogP contribution in [0.2, 0.25) is 0 Å². The number of rotatable bonds is 6. The Kier molecular flexibility index (Phi) is 15.4. The van der Waals surface area contributed by atoms with Crippen LogP contribution in [0.4, 0.5) is 0 Å². The largest absolute Gasteiger partial charge is 0.252 e. The van der Waals surface area contributed by atoms with Crippen molar-refractivity contribution in [1.82, 2.24) is 29.9 Å². The minimum atomic E-state index is 0.950. The van der Waals surface area contributed by atoms with Crippen molar-refractivity contribution in [1.29, 1.82) is 0 Å². The molecule has 24 rings (SSSR count). The fourth-order valence-corrected chi connectivity index (χ4v) is 20.7. The van der Waals surface area contributed by atoms with Gasteiger partial charge in [-0.1, -0.05) is 285 Å². The highest BCUT2D eigenvalue weighted by molar-refractivity contribution is 7.27. The highest BCUT2D eigenvalue weighted by Gasteiger charge is 2.20. The molecule has 0 amide bonds. The van der Waals surface area contributed by atoms with E-state index in [9.17, 15) is 0 Å². The zero-order valence-corrected chi connectivity index (χ0v) is 62.0. The molecule has 6 aromatic heterocycles. The Morgan fingerprint density at radius 3 is 0.847 bits per heavy atom. The van der Waals surface area contributed by atoms with Crippen molar-refractivity contribution in [2.75, 3.05) is 0 Å². The number of benzene rings is 18. The smallest absolute Gasteiger partial charge is 0.0971 e. The lowest BCUT2D eigenvalue weighted by Gasteiger charge is -2.14. The normalized spacial score (nSPS) is 11.8. The molecule has 0 N–H and O–H groups in total. The third kappa shape index (κ3) is 10.8. The van der Waals surface area contributed by atoms with E-state index < -0.39 is 0 Å². The maximum atomic E-state index is 4.72. The standard InChI is InChI=1S/3C34H20N2S/c1-2-11-27-25(9-1)30-20-22(15-16-28(30)33-32(27)35-17-18-36-33)21-7-5-8-23(19-21)24-12-6-13-29-26-10-3-4-14-31(26)37-34(24)29;1-2-9-23(28-13-7-14-29-25-11-5-6-15-31(25)37-34(28)29)22(8-1)21-16-17-27-30(20-21)24-10-3-4-12-26(24)32-33(27)36-19-18-35-32;1-2-8-27-25(6-1)30-20-23(16-17-28(30)33-32(27)35-18-19-36-33)21-12-14-22(15-13-21)24-9-5-10-29-26-7-3-4-11-31(26)37-34(24)29/h3*1-20H. The fraction of sp³-hybridized carbons (Fsp3) is 0. The summed E-state index contributed by atoms with van der Waals surface area (Å²) in [6, 6.07) is 118. The van der Waals surface area contributed by atoms with Gasteiger partial charge in [-0.2, -0.15) is 0 Å². The second kappa shape index (κ2) is 26.6. The van der Waals surface area contributed by atoms with E-state index in [1.807, 2.05) is 34.0 Å². The molecule has 0 fully saturated rings. The Morgan fingerprint density at radius 2 is 0.405 bits per heavy atom. The molecule has 0 bridgehead atoms. The summed E-state index contributed by atoms with van der Waals surface area (Å²) in [4.78, 5) is 28.1. The van der Waals surface area contributed by atoms with Crippen LogP contribution in [0.25, 0.3) is 225 Å². The van der Waals surface area contributed by atoms with Gasteiger partial charge >= 0.3 is 0 Å². The van der Waals surface area contributed by atoms with Gasteiger partial charge in [0.2, 0.25) is 0 Å². The third-order valence-electron chi connectivity index (χ3n) is 22.1. The second-order valence-corrected chi connectivity index (χ2v) is 31.4. The van der Waals surface area contributed by atoms with Crippen LogP contribution < -0.4 is 0 Å². The SMILES string of the molecule is c1cc(-c2ccc3c(c2)c2ccccc2c2nccnc32)cc(-c2cccc3c2sc2ccccc23)c1.c1ccc(-c2cccc3c2sc2ccccc23)c(-c2ccc3c(c2)c2ccccc2c2nccnc32)c1.c1ccc2c(c1)sc1c(-c3ccc(-c4ccc5c(c4)c4ccccc4c4nccnc54)cc3)cccc12. The summed E-state index contributed by atoms with van der Waals surface area (Å²) in [7, 11) is 0. The van der Waals surface area contributed by atoms with Crippen LogP contribution in [0.15, 0.2) is 365 Å². The molecule has 0 saturated carbocycles. The van der Waals surface area contributed by atoms with Gasteiger partial charge < -0.3 is 0 Å². The zero-order valence-electron chi connectivity index (χ0n) is 59.5. The quantitative estimate of drug-likeness (QED) is 0.154. The lowest BCUT2D eigenvalue weighted by atomic mass is 9.91. The van der Waals surface area contributed by atoms with Crippen molar-refractivity contribution in [2.24, 2.45) is 0 Å². The van der Waals surface area contributed by atoms with Crippen LogP contribution in [0, 0.1) is 0 Å². The number of fused-ring (bicyclic) bond motifs is 27. The second-order valence-electron chi connectivity index (χ2n) is 28.2. The van der Waals surface area contributed by atoms with Gasteiger partial charge in [-0.05, 0) is 136 Å². The summed E-state index contributed by atoms with van der Waals surface area (Å²) in [6.45, 7) is 0. The summed E-state index contributed by atoms with van der Waals surface area (Å²) in [5, 5.41) is 22.0. The Hall–Kier alpha value is -13.8. The van der Waals surface area contributed by atoms with Crippen molar-refractivity contribution in [2.45, 2.75) is 0 Å².